The normalized spacial score (nSPS) is 15.9. The van der Waals surface area contributed by atoms with Gasteiger partial charge < -0.3 is 10.1 Å². The molecule has 0 aromatic heterocycles. The van der Waals surface area contributed by atoms with Crippen LogP contribution in [0.1, 0.15) is 12.5 Å². The van der Waals surface area contributed by atoms with Crippen molar-refractivity contribution in [2.24, 2.45) is 0 Å². The second-order valence-electron chi connectivity index (χ2n) is 7.58. The lowest BCUT2D eigenvalue weighted by atomic mass is 10.1. The van der Waals surface area contributed by atoms with Crippen LogP contribution in [-0.2, 0) is 16.1 Å². The second-order valence-corrected chi connectivity index (χ2v) is 8.61. The fourth-order valence-corrected chi connectivity index (χ4v) is 4.20. The summed E-state index contributed by atoms with van der Waals surface area (Å²) in [7, 11) is 0. The van der Waals surface area contributed by atoms with Crippen molar-refractivity contribution in [1.82, 2.24) is 9.80 Å². The van der Waals surface area contributed by atoms with Gasteiger partial charge in [0.05, 0.1) is 25.4 Å². The van der Waals surface area contributed by atoms with Crippen LogP contribution in [0.4, 0.5) is 14.5 Å². The Morgan fingerprint density at radius 1 is 1.13 bits per heavy atom. The standard InChI is InChI=1S/C23H29F2N3O2S/c1-18(15-27-11-13-30-14-12-27)28(16-19-7-3-2-4-8-19)17-22(29)26-20-9-5-6-10-21(20)31-23(24)25/h2-10,18,23H,11-17H2,1H3,(H,26,29). The molecule has 1 N–H and O–H groups in total. The number of anilines is 1. The number of para-hydroxylation sites is 1. The third kappa shape index (κ3) is 7.88. The monoisotopic (exact) mass is 449 g/mol. The average molecular weight is 450 g/mol. The molecule has 1 heterocycles. The van der Waals surface area contributed by atoms with E-state index in [0.717, 1.165) is 38.4 Å². The molecular weight excluding hydrogens is 420 g/mol. The van der Waals surface area contributed by atoms with Crippen molar-refractivity contribution in [2.75, 3.05) is 44.7 Å². The summed E-state index contributed by atoms with van der Waals surface area (Å²) in [6, 6.07) is 16.8. The number of benzene rings is 2. The predicted molar refractivity (Wildman–Crippen MR) is 121 cm³/mol. The first-order chi connectivity index (χ1) is 15.0. The highest BCUT2D eigenvalue weighted by Crippen LogP contribution is 2.31. The van der Waals surface area contributed by atoms with Gasteiger partial charge in [-0.2, -0.15) is 8.78 Å². The summed E-state index contributed by atoms with van der Waals surface area (Å²) in [6.45, 7) is 6.98. The highest BCUT2D eigenvalue weighted by Gasteiger charge is 2.22. The molecule has 0 aliphatic carbocycles. The summed E-state index contributed by atoms with van der Waals surface area (Å²) < 4.78 is 31.1. The lowest BCUT2D eigenvalue weighted by Crippen LogP contribution is -2.47. The summed E-state index contributed by atoms with van der Waals surface area (Å²) in [5.41, 5.74) is 1.54. The molecule has 5 nitrogen and oxygen atoms in total. The number of hydrogen-bond donors (Lipinski definition) is 1. The second kappa shape index (κ2) is 12.1. The van der Waals surface area contributed by atoms with Crippen LogP contribution in [-0.4, -0.2) is 66.9 Å². The molecule has 0 spiro atoms. The van der Waals surface area contributed by atoms with E-state index in [1.54, 1.807) is 24.3 Å². The van der Waals surface area contributed by atoms with Gasteiger partial charge in [0.25, 0.3) is 5.76 Å². The molecule has 1 fully saturated rings. The molecule has 3 rings (SSSR count). The predicted octanol–water partition coefficient (Wildman–Crippen LogP) is 4.16. The van der Waals surface area contributed by atoms with E-state index in [2.05, 4.69) is 22.0 Å². The lowest BCUT2D eigenvalue weighted by Gasteiger charge is -2.34. The van der Waals surface area contributed by atoms with E-state index >= 15 is 0 Å². The molecule has 31 heavy (non-hydrogen) atoms. The first kappa shape index (κ1) is 23.7. The van der Waals surface area contributed by atoms with Crippen LogP contribution in [0.3, 0.4) is 0 Å². The van der Waals surface area contributed by atoms with Crippen LogP contribution in [0.2, 0.25) is 0 Å². The molecule has 0 bridgehead atoms. The molecular formula is C23H29F2N3O2S. The van der Waals surface area contributed by atoms with E-state index in [-0.39, 0.29) is 18.5 Å². The molecule has 2 aromatic rings. The van der Waals surface area contributed by atoms with Gasteiger partial charge in [-0.25, -0.2) is 0 Å². The molecule has 1 amide bonds. The largest absolute Gasteiger partial charge is 0.379 e. The minimum Gasteiger partial charge on any atom is -0.379 e. The van der Waals surface area contributed by atoms with Crippen LogP contribution in [0.5, 0.6) is 0 Å². The van der Waals surface area contributed by atoms with Crippen molar-refractivity contribution in [3.8, 4) is 0 Å². The molecule has 2 aromatic carbocycles. The lowest BCUT2D eigenvalue weighted by molar-refractivity contribution is -0.118. The van der Waals surface area contributed by atoms with Crippen LogP contribution in [0.15, 0.2) is 59.5 Å². The van der Waals surface area contributed by atoms with Crippen molar-refractivity contribution in [3.63, 3.8) is 0 Å². The number of thioether (sulfide) groups is 1. The van der Waals surface area contributed by atoms with Gasteiger partial charge in [-0.05, 0) is 24.6 Å². The number of rotatable bonds is 10. The zero-order valence-electron chi connectivity index (χ0n) is 17.7. The van der Waals surface area contributed by atoms with Crippen LogP contribution < -0.4 is 5.32 Å². The van der Waals surface area contributed by atoms with Crippen molar-refractivity contribution in [3.05, 3.63) is 60.2 Å². The highest BCUT2D eigenvalue weighted by molar-refractivity contribution is 7.99. The number of halogens is 2. The molecule has 1 unspecified atom stereocenters. The molecule has 168 valence electrons. The Morgan fingerprint density at radius 2 is 1.81 bits per heavy atom. The molecule has 0 saturated carbocycles. The maximum absolute atomic E-state index is 12.9. The number of carbonyl (C=O) groups excluding carboxylic acids is 1. The number of carbonyl (C=O) groups is 1. The average Bonchev–Trinajstić information content (AvgIpc) is 2.76. The van der Waals surface area contributed by atoms with E-state index in [1.807, 2.05) is 30.3 Å². The Labute approximate surface area is 186 Å². The van der Waals surface area contributed by atoms with Crippen molar-refractivity contribution in [1.29, 1.82) is 0 Å². The summed E-state index contributed by atoms with van der Waals surface area (Å²) in [5, 5.41) is 2.82. The Morgan fingerprint density at radius 3 is 2.52 bits per heavy atom. The van der Waals surface area contributed by atoms with Crippen molar-refractivity contribution >= 4 is 23.4 Å². The van der Waals surface area contributed by atoms with Gasteiger partial charge in [-0.3, -0.25) is 14.6 Å². The Hall–Kier alpha value is -2.00. The molecule has 1 saturated heterocycles. The molecule has 1 aliphatic heterocycles. The summed E-state index contributed by atoms with van der Waals surface area (Å²) in [4.78, 5) is 17.7. The van der Waals surface area contributed by atoms with Crippen LogP contribution >= 0.6 is 11.8 Å². The number of morpholine rings is 1. The zero-order valence-corrected chi connectivity index (χ0v) is 18.5. The van der Waals surface area contributed by atoms with Gasteiger partial charge in [0.2, 0.25) is 5.91 Å². The number of hydrogen-bond acceptors (Lipinski definition) is 5. The summed E-state index contributed by atoms with van der Waals surface area (Å²) >= 11 is 0.438. The van der Waals surface area contributed by atoms with Crippen molar-refractivity contribution < 1.29 is 18.3 Å². The Balaban J connectivity index is 1.67. The molecule has 0 radical (unpaired) electrons. The van der Waals surface area contributed by atoms with E-state index in [1.165, 1.54) is 0 Å². The number of nitrogens with one attached hydrogen (secondary N) is 1. The maximum atomic E-state index is 12.9. The number of nitrogens with zero attached hydrogens (tertiary/aromatic N) is 2. The third-order valence-electron chi connectivity index (χ3n) is 5.20. The first-order valence-electron chi connectivity index (χ1n) is 10.4. The van der Waals surface area contributed by atoms with Gasteiger partial charge >= 0.3 is 0 Å². The van der Waals surface area contributed by atoms with Gasteiger partial charge in [-0.15, -0.1) is 0 Å². The van der Waals surface area contributed by atoms with E-state index in [4.69, 9.17) is 4.74 Å². The number of alkyl halides is 2. The minimum atomic E-state index is -2.54. The molecule has 1 aliphatic rings. The van der Waals surface area contributed by atoms with E-state index < -0.39 is 5.76 Å². The summed E-state index contributed by atoms with van der Waals surface area (Å²) in [5.74, 6) is -2.76. The van der Waals surface area contributed by atoms with Gasteiger partial charge in [0, 0.05) is 37.1 Å². The van der Waals surface area contributed by atoms with Crippen LogP contribution in [0, 0.1) is 0 Å². The van der Waals surface area contributed by atoms with E-state index in [0.29, 0.717) is 28.9 Å². The molecule has 1 atom stereocenters. The van der Waals surface area contributed by atoms with Gasteiger partial charge in [0.1, 0.15) is 0 Å². The van der Waals surface area contributed by atoms with Crippen LogP contribution in [0.25, 0.3) is 0 Å². The zero-order chi connectivity index (χ0) is 22.1. The van der Waals surface area contributed by atoms with E-state index in [9.17, 15) is 13.6 Å². The Bertz CT molecular complexity index is 819. The fourth-order valence-electron chi connectivity index (χ4n) is 3.60. The maximum Gasteiger partial charge on any atom is 0.288 e. The smallest absolute Gasteiger partial charge is 0.288 e. The third-order valence-corrected chi connectivity index (χ3v) is 5.99. The fraction of sp³-hybridized carbons (Fsp3) is 0.435. The minimum absolute atomic E-state index is 0.134. The van der Waals surface area contributed by atoms with Crippen molar-refractivity contribution in [2.45, 2.75) is 30.2 Å². The SMILES string of the molecule is CC(CN1CCOCC1)N(CC(=O)Nc1ccccc1SC(F)F)Cc1ccccc1. The quantitative estimate of drug-likeness (QED) is 0.552. The Kier molecular flexibility index (Phi) is 9.27. The first-order valence-corrected chi connectivity index (χ1v) is 11.3. The number of amides is 1. The van der Waals surface area contributed by atoms with Gasteiger partial charge in [-0.1, -0.05) is 54.2 Å². The van der Waals surface area contributed by atoms with Gasteiger partial charge in [0.15, 0.2) is 0 Å². The number of ether oxygens (including phenoxy) is 1. The highest BCUT2D eigenvalue weighted by atomic mass is 32.2. The topological polar surface area (TPSA) is 44.8 Å². The summed E-state index contributed by atoms with van der Waals surface area (Å²) in [6.07, 6.45) is 0. The molecule has 8 heteroatoms.